The van der Waals surface area contributed by atoms with E-state index in [0.717, 1.165) is 59.4 Å². The molecule has 3 atom stereocenters. The molecule has 0 saturated heterocycles. The molecule has 0 amide bonds. The average Bonchev–Trinajstić information content (AvgIpc) is 3.13. The number of benzene rings is 2. The molecule has 1 aromatic heterocycles. The molecular weight excluding hydrogens is 399 g/mol. The molecule has 1 saturated carbocycles. The number of imidazole rings is 1. The Morgan fingerprint density at radius 1 is 1.12 bits per heavy atom. The van der Waals surface area contributed by atoms with E-state index < -0.39 is 5.60 Å². The minimum atomic E-state index is -0.929. The van der Waals surface area contributed by atoms with E-state index in [-0.39, 0.29) is 17.2 Å². The molecule has 2 aliphatic rings. The summed E-state index contributed by atoms with van der Waals surface area (Å²) in [6.45, 7) is 9.30. The summed E-state index contributed by atoms with van der Waals surface area (Å²) in [7, 11) is 0. The highest BCUT2D eigenvalue weighted by atomic mass is 19.1. The van der Waals surface area contributed by atoms with Crippen LogP contribution in [0.3, 0.4) is 0 Å². The highest BCUT2D eigenvalue weighted by molar-refractivity contribution is 5.72. The van der Waals surface area contributed by atoms with Gasteiger partial charge in [0, 0.05) is 23.4 Å². The van der Waals surface area contributed by atoms with Gasteiger partial charge in [0.15, 0.2) is 0 Å². The van der Waals surface area contributed by atoms with Crippen molar-refractivity contribution < 1.29 is 9.50 Å². The van der Waals surface area contributed by atoms with Crippen molar-refractivity contribution in [3.05, 3.63) is 82.6 Å². The van der Waals surface area contributed by atoms with E-state index >= 15 is 0 Å². The lowest BCUT2D eigenvalue weighted by molar-refractivity contribution is -0.0720. The van der Waals surface area contributed by atoms with Crippen LogP contribution in [0.25, 0.3) is 17.3 Å². The number of rotatable bonds is 3. The summed E-state index contributed by atoms with van der Waals surface area (Å²) in [5.41, 5.74) is 6.55. The second kappa shape index (κ2) is 7.41. The van der Waals surface area contributed by atoms with Gasteiger partial charge in [-0.25, -0.2) is 9.37 Å². The number of hydrogen-bond acceptors (Lipinski definition) is 2. The smallest absolute Gasteiger partial charge is 0.123 e. The van der Waals surface area contributed by atoms with E-state index in [1.807, 2.05) is 13.3 Å². The van der Waals surface area contributed by atoms with Gasteiger partial charge in [0.1, 0.15) is 5.82 Å². The van der Waals surface area contributed by atoms with Crippen LogP contribution in [0.15, 0.2) is 54.4 Å². The highest BCUT2D eigenvalue weighted by Crippen LogP contribution is 2.56. The second-order valence-electron chi connectivity index (χ2n) is 10.1. The lowest BCUT2D eigenvalue weighted by Crippen LogP contribution is -2.49. The highest BCUT2D eigenvalue weighted by Gasteiger charge is 2.51. The molecular formula is C28H31FN2O. The van der Waals surface area contributed by atoms with Crippen molar-refractivity contribution in [2.24, 2.45) is 11.3 Å². The first-order valence-corrected chi connectivity index (χ1v) is 11.5. The first-order chi connectivity index (χ1) is 15.2. The minimum absolute atomic E-state index is 0.0969. The van der Waals surface area contributed by atoms with E-state index in [9.17, 15) is 9.50 Å². The lowest BCUT2D eigenvalue weighted by atomic mass is 9.56. The standard InChI is InChI=1S/C28H31FN2O/c1-18-7-5-8-19(2)25(18)28(4,32)24-10-6-9-21-15-23-26(20-11-13-22(29)14-12-20)30-17-31(23)16-27(21,24)3/h5,7-8,11-15,17,24,32H,6,9-10,16H2,1-4H3/t24-,27-,28-/m0/s1. The fourth-order valence-corrected chi connectivity index (χ4v) is 6.48. The van der Waals surface area contributed by atoms with Crippen LogP contribution >= 0.6 is 0 Å². The van der Waals surface area contributed by atoms with Gasteiger partial charge in [0.25, 0.3) is 0 Å². The normalized spacial score (nSPS) is 24.3. The molecule has 1 aliphatic carbocycles. The maximum absolute atomic E-state index is 13.4. The second-order valence-corrected chi connectivity index (χ2v) is 10.1. The Morgan fingerprint density at radius 3 is 2.50 bits per heavy atom. The maximum Gasteiger partial charge on any atom is 0.123 e. The van der Waals surface area contributed by atoms with Gasteiger partial charge < -0.3 is 9.67 Å². The third-order valence-corrected chi connectivity index (χ3v) is 7.91. The van der Waals surface area contributed by atoms with Crippen LogP contribution in [0.5, 0.6) is 0 Å². The van der Waals surface area contributed by atoms with Crippen molar-refractivity contribution in [1.29, 1.82) is 0 Å². The van der Waals surface area contributed by atoms with Gasteiger partial charge in [0.05, 0.1) is 23.3 Å². The number of aryl methyl sites for hydroxylation is 2. The molecule has 0 bridgehead atoms. The fourth-order valence-electron chi connectivity index (χ4n) is 6.48. The molecule has 32 heavy (non-hydrogen) atoms. The molecule has 5 rings (SSSR count). The molecule has 1 fully saturated rings. The molecule has 166 valence electrons. The van der Waals surface area contributed by atoms with Crippen LogP contribution in [0.2, 0.25) is 0 Å². The van der Waals surface area contributed by atoms with Crippen LogP contribution in [0.1, 0.15) is 55.5 Å². The topological polar surface area (TPSA) is 38.1 Å². The zero-order chi connectivity index (χ0) is 22.7. The van der Waals surface area contributed by atoms with E-state index in [0.29, 0.717) is 0 Å². The first-order valence-electron chi connectivity index (χ1n) is 11.5. The third kappa shape index (κ3) is 3.15. The van der Waals surface area contributed by atoms with Crippen molar-refractivity contribution in [3.63, 3.8) is 0 Å². The Morgan fingerprint density at radius 2 is 1.81 bits per heavy atom. The van der Waals surface area contributed by atoms with E-state index in [2.05, 4.69) is 49.6 Å². The number of nitrogens with zero attached hydrogens (tertiary/aromatic N) is 2. The van der Waals surface area contributed by atoms with E-state index in [1.165, 1.54) is 17.7 Å². The van der Waals surface area contributed by atoms with Gasteiger partial charge >= 0.3 is 0 Å². The van der Waals surface area contributed by atoms with Gasteiger partial charge in [-0.2, -0.15) is 0 Å². The average molecular weight is 431 g/mol. The number of hydrogen-bond donors (Lipinski definition) is 1. The molecule has 3 aromatic rings. The molecule has 2 heterocycles. The summed E-state index contributed by atoms with van der Waals surface area (Å²) in [5, 5.41) is 12.0. The summed E-state index contributed by atoms with van der Waals surface area (Å²) in [5.74, 6) is -0.142. The van der Waals surface area contributed by atoms with Crippen LogP contribution in [0, 0.1) is 31.0 Å². The Kier molecular flexibility index (Phi) is 4.90. The summed E-state index contributed by atoms with van der Waals surface area (Å²) in [6.07, 6.45) is 7.26. The fraction of sp³-hybridized carbons (Fsp3) is 0.393. The molecule has 2 aromatic carbocycles. The largest absolute Gasteiger partial charge is 0.385 e. The molecule has 0 radical (unpaired) electrons. The number of fused-ring (bicyclic) bond motifs is 2. The molecule has 0 unspecified atom stereocenters. The van der Waals surface area contributed by atoms with Crippen molar-refractivity contribution in [2.75, 3.05) is 0 Å². The molecule has 0 spiro atoms. The zero-order valence-corrected chi connectivity index (χ0v) is 19.3. The predicted molar refractivity (Wildman–Crippen MR) is 127 cm³/mol. The van der Waals surface area contributed by atoms with Gasteiger partial charge in [-0.1, -0.05) is 30.7 Å². The molecule has 1 aliphatic heterocycles. The summed E-state index contributed by atoms with van der Waals surface area (Å²) < 4.78 is 15.6. The molecule has 1 N–H and O–H groups in total. The van der Waals surface area contributed by atoms with Crippen molar-refractivity contribution >= 4 is 6.08 Å². The summed E-state index contributed by atoms with van der Waals surface area (Å²) in [4.78, 5) is 4.69. The Balaban J connectivity index is 1.58. The van der Waals surface area contributed by atoms with Crippen LogP contribution in [0.4, 0.5) is 4.39 Å². The number of aliphatic hydroxyl groups is 1. The SMILES string of the molecule is Cc1cccc(C)c1[C@@](C)(O)[C@H]1CCCC2=Cc3c(-c4ccc(F)cc4)ncn3C[C@@]21C. The van der Waals surface area contributed by atoms with E-state index in [4.69, 9.17) is 4.98 Å². The molecule has 4 heteroatoms. The Bertz CT molecular complexity index is 1180. The van der Waals surface area contributed by atoms with Crippen molar-refractivity contribution in [2.45, 2.75) is 59.1 Å². The first kappa shape index (κ1) is 21.1. The monoisotopic (exact) mass is 430 g/mol. The predicted octanol–water partition coefficient (Wildman–Crippen LogP) is 6.42. The van der Waals surface area contributed by atoms with Crippen molar-refractivity contribution in [3.8, 4) is 11.3 Å². The van der Waals surface area contributed by atoms with Crippen LogP contribution in [-0.4, -0.2) is 14.7 Å². The van der Waals surface area contributed by atoms with Crippen LogP contribution < -0.4 is 0 Å². The van der Waals surface area contributed by atoms with Gasteiger partial charge in [-0.05, 0) is 87.1 Å². The third-order valence-electron chi connectivity index (χ3n) is 7.91. The van der Waals surface area contributed by atoms with E-state index in [1.54, 1.807) is 12.1 Å². The number of allylic oxidation sites excluding steroid dienone is 1. The van der Waals surface area contributed by atoms with Gasteiger partial charge in [0.2, 0.25) is 0 Å². The van der Waals surface area contributed by atoms with Crippen LogP contribution in [-0.2, 0) is 12.1 Å². The van der Waals surface area contributed by atoms with Crippen molar-refractivity contribution in [1.82, 2.24) is 9.55 Å². The lowest BCUT2D eigenvalue weighted by Gasteiger charge is -2.52. The Labute approximate surface area is 189 Å². The Hall–Kier alpha value is -2.72. The summed E-state index contributed by atoms with van der Waals surface area (Å²) >= 11 is 0. The maximum atomic E-state index is 13.4. The molecule has 3 nitrogen and oxygen atoms in total. The number of aromatic nitrogens is 2. The van der Waals surface area contributed by atoms with Gasteiger partial charge in [-0.15, -0.1) is 0 Å². The minimum Gasteiger partial charge on any atom is -0.385 e. The number of halogens is 1. The van der Waals surface area contributed by atoms with Gasteiger partial charge in [-0.3, -0.25) is 0 Å². The summed E-state index contributed by atoms with van der Waals surface area (Å²) in [6, 6.07) is 12.8. The zero-order valence-electron chi connectivity index (χ0n) is 19.3. The quantitative estimate of drug-likeness (QED) is 0.521.